The van der Waals surface area contributed by atoms with Crippen molar-refractivity contribution in [2.75, 3.05) is 46.4 Å². The zero-order valence-electron chi connectivity index (χ0n) is 16.5. The summed E-state index contributed by atoms with van der Waals surface area (Å²) in [5, 5.41) is 6.69. The summed E-state index contributed by atoms with van der Waals surface area (Å²) in [6, 6.07) is 8.26. The van der Waals surface area contributed by atoms with Gasteiger partial charge in [0.25, 0.3) is 0 Å². The minimum Gasteiger partial charge on any atom is -0.497 e. The lowest BCUT2D eigenvalue weighted by Crippen LogP contribution is -2.50. The number of methoxy groups -OCH3 is 1. The number of ether oxygens (including phenoxy) is 1. The Hall–Kier alpha value is -1.59. The van der Waals surface area contributed by atoms with Crippen molar-refractivity contribution in [2.45, 2.75) is 32.1 Å². The van der Waals surface area contributed by atoms with E-state index in [1.165, 1.54) is 24.8 Å². The van der Waals surface area contributed by atoms with E-state index in [0.717, 1.165) is 63.8 Å². The predicted molar refractivity (Wildman–Crippen MR) is 107 cm³/mol. The maximum absolute atomic E-state index is 13.4. The topological polar surface area (TPSA) is 53.6 Å². The van der Waals surface area contributed by atoms with E-state index in [4.69, 9.17) is 4.74 Å². The molecule has 1 aromatic carbocycles. The summed E-state index contributed by atoms with van der Waals surface area (Å²) in [6.07, 6.45) is 5.63. The van der Waals surface area contributed by atoms with Gasteiger partial charge in [-0.25, -0.2) is 0 Å². The smallest absolute Gasteiger partial charge is 0.226 e. The lowest BCUT2D eigenvalue weighted by Gasteiger charge is -2.37. The van der Waals surface area contributed by atoms with Gasteiger partial charge in [-0.05, 0) is 55.2 Å². The van der Waals surface area contributed by atoms with Gasteiger partial charge in [-0.1, -0.05) is 18.6 Å². The monoisotopic (exact) mass is 371 g/mol. The number of rotatable bonds is 7. The molecule has 1 aromatic rings. The SMILES string of the molecule is COc1cccc(CC2(C(=O)NCCN3CCNCC3)CC3CCC2C3)c1. The van der Waals surface area contributed by atoms with Crippen LogP contribution in [0.1, 0.15) is 31.2 Å². The Kier molecular flexibility index (Phi) is 5.69. The van der Waals surface area contributed by atoms with Gasteiger partial charge in [-0.2, -0.15) is 0 Å². The Morgan fingerprint density at radius 1 is 1.33 bits per heavy atom. The standard InChI is InChI=1S/C22H33N3O2/c1-27-20-4-2-3-17(14-20)15-22(16-18-5-6-19(22)13-18)21(26)24-9-12-25-10-7-23-8-11-25/h2-4,14,18-19,23H,5-13,15-16H2,1H3,(H,24,26). The van der Waals surface area contributed by atoms with Crippen LogP contribution in [0.4, 0.5) is 0 Å². The number of nitrogens with zero attached hydrogens (tertiary/aromatic N) is 1. The fraction of sp³-hybridized carbons (Fsp3) is 0.682. The number of piperazine rings is 1. The number of carbonyl (C=O) groups excluding carboxylic acids is 1. The first kappa shape index (κ1) is 18.8. The summed E-state index contributed by atoms with van der Waals surface area (Å²) < 4.78 is 5.40. The molecular weight excluding hydrogens is 338 g/mol. The van der Waals surface area contributed by atoms with Gasteiger partial charge in [-0.3, -0.25) is 9.69 Å². The Morgan fingerprint density at radius 2 is 2.19 bits per heavy atom. The number of carbonyl (C=O) groups is 1. The van der Waals surface area contributed by atoms with Gasteiger partial charge in [0, 0.05) is 39.3 Å². The second kappa shape index (κ2) is 8.19. The molecule has 0 radical (unpaired) electrons. The molecule has 2 N–H and O–H groups in total. The van der Waals surface area contributed by atoms with Crippen LogP contribution in [0.3, 0.4) is 0 Å². The van der Waals surface area contributed by atoms with Crippen molar-refractivity contribution in [1.29, 1.82) is 0 Å². The molecule has 3 fully saturated rings. The minimum absolute atomic E-state index is 0.223. The zero-order chi connectivity index (χ0) is 18.7. The number of hydrogen-bond donors (Lipinski definition) is 2. The highest BCUT2D eigenvalue weighted by Crippen LogP contribution is 2.57. The van der Waals surface area contributed by atoms with Crippen molar-refractivity contribution >= 4 is 5.91 Å². The van der Waals surface area contributed by atoms with Crippen molar-refractivity contribution in [3.05, 3.63) is 29.8 Å². The first-order chi connectivity index (χ1) is 13.2. The average molecular weight is 372 g/mol. The van der Waals surface area contributed by atoms with Crippen LogP contribution in [0, 0.1) is 17.3 Å². The maximum Gasteiger partial charge on any atom is 0.226 e. The molecule has 2 bridgehead atoms. The normalized spacial score (nSPS) is 30.4. The predicted octanol–water partition coefficient (Wildman–Crippen LogP) is 2.07. The maximum atomic E-state index is 13.4. The van der Waals surface area contributed by atoms with Gasteiger partial charge in [0.2, 0.25) is 5.91 Å². The van der Waals surface area contributed by atoms with Crippen molar-refractivity contribution in [2.24, 2.45) is 17.3 Å². The largest absolute Gasteiger partial charge is 0.497 e. The van der Waals surface area contributed by atoms with Gasteiger partial charge >= 0.3 is 0 Å². The highest BCUT2D eigenvalue weighted by Gasteiger charge is 2.55. The van der Waals surface area contributed by atoms with Crippen LogP contribution in [-0.2, 0) is 11.2 Å². The van der Waals surface area contributed by atoms with Gasteiger partial charge < -0.3 is 15.4 Å². The average Bonchev–Trinajstić information content (AvgIpc) is 3.31. The van der Waals surface area contributed by atoms with Crippen LogP contribution in [0.15, 0.2) is 24.3 Å². The van der Waals surface area contributed by atoms with E-state index in [9.17, 15) is 4.79 Å². The van der Waals surface area contributed by atoms with Crippen LogP contribution >= 0.6 is 0 Å². The molecule has 148 valence electrons. The third-order valence-corrected chi connectivity index (χ3v) is 7.00. The fourth-order valence-electron chi connectivity index (χ4n) is 5.60. The van der Waals surface area contributed by atoms with Crippen LogP contribution in [0.2, 0.25) is 0 Å². The second-order valence-corrected chi connectivity index (χ2v) is 8.61. The van der Waals surface area contributed by atoms with Crippen LogP contribution in [0.5, 0.6) is 5.75 Å². The quantitative estimate of drug-likeness (QED) is 0.770. The van der Waals surface area contributed by atoms with Crippen molar-refractivity contribution in [3.8, 4) is 5.75 Å². The molecule has 1 aliphatic heterocycles. The molecule has 0 spiro atoms. The molecule has 3 unspecified atom stereocenters. The molecule has 3 aliphatic rings. The van der Waals surface area contributed by atoms with E-state index in [1.54, 1.807) is 7.11 Å². The molecular formula is C22H33N3O2. The van der Waals surface area contributed by atoms with Crippen molar-refractivity contribution in [1.82, 2.24) is 15.5 Å². The number of nitrogens with one attached hydrogen (secondary N) is 2. The minimum atomic E-state index is -0.223. The van der Waals surface area contributed by atoms with E-state index in [1.807, 2.05) is 12.1 Å². The van der Waals surface area contributed by atoms with Gasteiger partial charge in [-0.15, -0.1) is 0 Å². The Bertz CT molecular complexity index is 659. The molecule has 2 saturated carbocycles. The van der Waals surface area contributed by atoms with Crippen LogP contribution < -0.4 is 15.4 Å². The van der Waals surface area contributed by atoms with Crippen LogP contribution in [-0.4, -0.2) is 57.2 Å². The summed E-state index contributed by atoms with van der Waals surface area (Å²) in [5.74, 6) is 2.44. The number of benzene rings is 1. The molecule has 5 heteroatoms. The van der Waals surface area contributed by atoms with E-state index in [-0.39, 0.29) is 11.3 Å². The summed E-state index contributed by atoms with van der Waals surface area (Å²) in [5.41, 5.74) is 0.998. The fourth-order valence-corrected chi connectivity index (χ4v) is 5.60. The highest BCUT2D eigenvalue weighted by molar-refractivity contribution is 5.84. The van der Waals surface area contributed by atoms with Crippen LogP contribution in [0.25, 0.3) is 0 Å². The van der Waals surface area contributed by atoms with E-state index >= 15 is 0 Å². The third kappa shape index (κ3) is 3.99. The molecule has 1 amide bonds. The summed E-state index contributed by atoms with van der Waals surface area (Å²) in [4.78, 5) is 15.8. The number of amides is 1. The first-order valence-corrected chi connectivity index (χ1v) is 10.5. The lowest BCUT2D eigenvalue weighted by atomic mass is 9.68. The van der Waals surface area contributed by atoms with Gasteiger partial charge in [0.05, 0.1) is 12.5 Å². The molecule has 0 aromatic heterocycles. The summed E-state index contributed by atoms with van der Waals surface area (Å²) >= 11 is 0. The van der Waals surface area contributed by atoms with Gasteiger partial charge in [0.15, 0.2) is 0 Å². The zero-order valence-corrected chi connectivity index (χ0v) is 16.5. The van der Waals surface area contributed by atoms with Gasteiger partial charge in [0.1, 0.15) is 5.75 Å². The summed E-state index contributed by atoms with van der Waals surface area (Å²) in [6.45, 7) is 5.98. The molecule has 3 atom stereocenters. The number of fused-ring (bicyclic) bond motifs is 2. The highest BCUT2D eigenvalue weighted by atomic mass is 16.5. The summed E-state index contributed by atoms with van der Waals surface area (Å²) in [7, 11) is 1.70. The van der Waals surface area contributed by atoms with Crippen molar-refractivity contribution in [3.63, 3.8) is 0 Å². The second-order valence-electron chi connectivity index (χ2n) is 8.61. The third-order valence-electron chi connectivity index (χ3n) is 7.00. The Morgan fingerprint density at radius 3 is 2.89 bits per heavy atom. The molecule has 4 rings (SSSR count). The Balaban J connectivity index is 1.43. The molecule has 27 heavy (non-hydrogen) atoms. The van der Waals surface area contributed by atoms with Crippen molar-refractivity contribution < 1.29 is 9.53 Å². The Labute approximate surface area is 162 Å². The lowest BCUT2D eigenvalue weighted by molar-refractivity contribution is -0.134. The molecule has 1 saturated heterocycles. The first-order valence-electron chi connectivity index (χ1n) is 10.5. The number of hydrogen-bond acceptors (Lipinski definition) is 4. The molecule has 5 nitrogen and oxygen atoms in total. The van der Waals surface area contributed by atoms with E-state index in [0.29, 0.717) is 5.92 Å². The molecule has 1 heterocycles. The van der Waals surface area contributed by atoms with E-state index in [2.05, 4.69) is 27.7 Å². The molecule has 2 aliphatic carbocycles. The van der Waals surface area contributed by atoms with E-state index < -0.39 is 0 Å².